The first-order chi connectivity index (χ1) is 31.2. The third kappa shape index (κ3) is 7.61. The molecule has 2 aliphatic rings. The lowest BCUT2D eigenvalue weighted by Gasteiger charge is -2.15. The molecule has 5 aromatic heterocycles. The number of rotatable bonds is 12. The van der Waals surface area contributed by atoms with Gasteiger partial charge in [-0.15, -0.1) is 0 Å². The summed E-state index contributed by atoms with van der Waals surface area (Å²) in [5.74, 6) is 0. The molecule has 64 heavy (non-hydrogen) atoms. The first-order valence-corrected chi connectivity index (χ1v) is 22.9. The molecule has 2 aliphatic heterocycles. The highest BCUT2D eigenvalue weighted by atomic mass is 14.9. The van der Waals surface area contributed by atoms with Crippen molar-refractivity contribution >= 4 is 55.7 Å². The van der Waals surface area contributed by atoms with Crippen LogP contribution >= 0.6 is 0 Å². The second-order valence-electron chi connectivity index (χ2n) is 16.8. The third-order valence-corrected chi connectivity index (χ3v) is 13.2. The van der Waals surface area contributed by atoms with E-state index >= 15 is 0 Å². The summed E-state index contributed by atoms with van der Waals surface area (Å²) in [6, 6.07) is 34.0. The number of para-hydroxylation sites is 2. The van der Waals surface area contributed by atoms with Crippen LogP contribution in [0.4, 0.5) is 11.4 Å². The lowest BCUT2D eigenvalue weighted by molar-refractivity contribution is 1.05. The van der Waals surface area contributed by atoms with Gasteiger partial charge in [0.2, 0.25) is 0 Å². The smallest absolute Gasteiger partial charge is 0.0769 e. The summed E-state index contributed by atoms with van der Waals surface area (Å²) in [5, 5.41) is 7.52. The van der Waals surface area contributed by atoms with Crippen molar-refractivity contribution in [3.63, 3.8) is 0 Å². The largest absolute Gasteiger partial charge is 0.379 e. The molecule has 0 spiro atoms. The van der Waals surface area contributed by atoms with E-state index in [1.165, 1.54) is 44.5 Å². The van der Waals surface area contributed by atoms with Crippen LogP contribution in [0.1, 0.15) is 111 Å². The number of pyridine rings is 2. The SMILES string of the molecule is CCC1=C(C)c2nc1cc1[nH]c(c(C)c1CC)c(-c1ccccc1NCc1ccccn1)c1nc(cc3[nH]c(c(C)c3CC)c2-c2ccccc2NCc2ccccn2)C(CC)=C1C. The van der Waals surface area contributed by atoms with Gasteiger partial charge in [0.25, 0.3) is 0 Å². The maximum absolute atomic E-state index is 5.68. The van der Waals surface area contributed by atoms with Gasteiger partial charge >= 0.3 is 0 Å². The second kappa shape index (κ2) is 18.0. The average molecular weight is 843 g/mol. The predicted molar refractivity (Wildman–Crippen MR) is 269 cm³/mol. The summed E-state index contributed by atoms with van der Waals surface area (Å²) < 4.78 is 0. The van der Waals surface area contributed by atoms with E-state index in [4.69, 9.17) is 9.97 Å². The average Bonchev–Trinajstić information content (AvgIpc) is 4.01. The van der Waals surface area contributed by atoms with Crippen LogP contribution in [-0.2, 0) is 25.9 Å². The summed E-state index contributed by atoms with van der Waals surface area (Å²) in [7, 11) is 0. The van der Waals surface area contributed by atoms with Gasteiger partial charge in [-0.3, -0.25) is 9.97 Å². The van der Waals surface area contributed by atoms with Crippen molar-refractivity contribution in [3.8, 4) is 22.3 Å². The van der Waals surface area contributed by atoms with E-state index in [2.05, 4.69) is 159 Å². The molecule has 0 radical (unpaired) electrons. The molecule has 8 nitrogen and oxygen atoms in total. The van der Waals surface area contributed by atoms with Crippen molar-refractivity contribution in [1.29, 1.82) is 0 Å². The van der Waals surface area contributed by atoms with Crippen molar-refractivity contribution < 1.29 is 0 Å². The maximum atomic E-state index is 5.68. The third-order valence-electron chi connectivity index (χ3n) is 13.2. The van der Waals surface area contributed by atoms with Gasteiger partial charge in [-0.25, -0.2) is 9.97 Å². The fourth-order valence-electron chi connectivity index (χ4n) is 9.93. The first kappa shape index (κ1) is 42.3. The number of nitrogens with zero attached hydrogens (tertiary/aromatic N) is 4. The van der Waals surface area contributed by atoms with E-state index in [1.807, 2.05) is 36.7 Å². The zero-order valence-electron chi connectivity index (χ0n) is 38.4. The molecule has 9 rings (SSSR count). The number of aryl methyl sites for hydroxylation is 4. The van der Waals surface area contributed by atoms with Crippen LogP contribution in [0.25, 0.3) is 66.6 Å². The van der Waals surface area contributed by atoms with E-state index in [9.17, 15) is 0 Å². The zero-order valence-corrected chi connectivity index (χ0v) is 38.4. The summed E-state index contributed by atoms with van der Waals surface area (Å²) in [6.45, 7) is 19.2. The van der Waals surface area contributed by atoms with Crippen molar-refractivity contribution in [2.45, 2.75) is 94.2 Å². The van der Waals surface area contributed by atoms with Crippen LogP contribution in [0, 0.1) is 13.8 Å². The van der Waals surface area contributed by atoms with Crippen LogP contribution in [0.15, 0.2) is 109 Å². The Balaban J connectivity index is 1.41. The van der Waals surface area contributed by atoms with Gasteiger partial charge in [-0.05, 0) is 146 Å². The minimum absolute atomic E-state index is 0.600. The number of allylic oxidation sites excluding steroid dienone is 4. The summed E-state index contributed by atoms with van der Waals surface area (Å²) >= 11 is 0. The number of aromatic amines is 2. The van der Waals surface area contributed by atoms with Gasteiger partial charge in [0, 0.05) is 57.1 Å². The number of hydrogen-bond acceptors (Lipinski definition) is 6. The molecule has 2 aromatic carbocycles. The highest BCUT2D eigenvalue weighted by molar-refractivity contribution is 6.05. The van der Waals surface area contributed by atoms with Crippen LogP contribution in [-0.4, -0.2) is 29.9 Å². The van der Waals surface area contributed by atoms with Gasteiger partial charge in [-0.2, -0.15) is 0 Å². The standard InChI is InChI=1S/C56H58N8/c1-9-39-33(5)53-51(43-23-13-15-25-45(43)59-31-37-21-17-19-27-57-37)54-35(7)41(11-3)49(63-54)30-50-42(12-4)36(8)56(64-50)52(55-34(6)40(10-2)48(62-55)29-47(39)61-53)44-24-14-16-26-46(44)60-32-38-22-18-20-28-58-38/h13-30,59-61,64H,9-12,31-32H2,1-8H3. The quantitative estimate of drug-likeness (QED) is 0.0976. The molecule has 8 bridgehead atoms. The van der Waals surface area contributed by atoms with Crippen LogP contribution in [0.3, 0.4) is 0 Å². The Kier molecular flexibility index (Phi) is 11.9. The highest BCUT2D eigenvalue weighted by Crippen LogP contribution is 2.45. The van der Waals surface area contributed by atoms with E-state index < -0.39 is 0 Å². The van der Waals surface area contributed by atoms with E-state index in [0.717, 1.165) is 116 Å². The van der Waals surface area contributed by atoms with Crippen molar-refractivity contribution in [2.24, 2.45) is 0 Å². The van der Waals surface area contributed by atoms with E-state index in [1.54, 1.807) is 0 Å². The topological polar surface area (TPSA) is 107 Å². The number of H-pyrrole nitrogens is 2. The van der Waals surface area contributed by atoms with Crippen LogP contribution < -0.4 is 10.6 Å². The van der Waals surface area contributed by atoms with Crippen LogP contribution in [0.5, 0.6) is 0 Å². The number of aromatic nitrogens is 6. The molecule has 0 atom stereocenters. The summed E-state index contributed by atoms with van der Waals surface area (Å²) in [4.78, 5) is 28.6. The summed E-state index contributed by atoms with van der Waals surface area (Å²) in [5.41, 5.74) is 26.5. The Morgan fingerprint density at radius 3 is 1.27 bits per heavy atom. The van der Waals surface area contributed by atoms with Crippen molar-refractivity contribution in [1.82, 2.24) is 29.9 Å². The zero-order chi connectivity index (χ0) is 44.5. The number of fused-ring (bicyclic) bond motifs is 8. The number of hydrogen-bond donors (Lipinski definition) is 4. The molecular weight excluding hydrogens is 785 g/mol. The highest BCUT2D eigenvalue weighted by Gasteiger charge is 2.27. The van der Waals surface area contributed by atoms with Crippen molar-refractivity contribution in [2.75, 3.05) is 10.6 Å². The molecular formula is C56H58N8. The van der Waals surface area contributed by atoms with Crippen molar-refractivity contribution in [3.05, 3.63) is 166 Å². The molecule has 0 amide bonds. The molecule has 7 aromatic rings. The molecule has 0 aliphatic carbocycles. The normalized spacial score (nSPS) is 12.6. The Bertz CT molecular complexity index is 2920. The molecule has 0 fully saturated rings. The Morgan fingerprint density at radius 2 is 0.891 bits per heavy atom. The fourth-order valence-corrected chi connectivity index (χ4v) is 9.93. The first-order valence-electron chi connectivity index (χ1n) is 22.9. The molecule has 4 N–H and O–H groups in total. The molecule has 0 saturated carbocycles. The summed E-state index contributed by atoms with van der Waals surface area (Å²) in [6.07, 6.45) is 7.11. The van der Waals surface area contributed by atoms with Gasteiger partial charge < -0.3 is 20.6 Å². The van der Waals surface area contributed by atoms with Gasteiger partial charge in [-0.1, -0.05) is 76.2 Å². The molecule has 8 heteroatoms. The Labute approximate surface area is 377 Å². The van der Waals surface area contributed by atoms with Gasteiger partial charge in [0.05, 0.1) is 58.3 Å². The second-order valence-corrected chi connectivity index (χ2v) is 16.8. The lowest BCUT2D eigenvalue weighted by Crippen LogP contribution is -2.03. The maximum Gasteiger partial charge on any atom is 0.0769 e. The number of benzene rings is 2. The van der Waals surface area contributed by atoms with Crippen LogP contribution in [0.2, 0.25) is 0 Å². The Morgan fingerprint density at radius 1 is 0.484 bits per heavy atom. The van der Waals surface area contributed by atoms with E-state index in [0.29, 0.717) is 13.1 Å². The molecule has 322 valence electrons. The van der Waals surface area contributed by atoms with Gasteiger partial charge in [0.15, 0.2) is 0 Å². The minimum Gasteiger partial charge on any atom is -0.379 e. The lowest BCUT2D eigenvalue weighted by atomic mass is 9.94. The number of anilines is 2. The Hall–Kier alpha value is -7.06. The fraction of sp³-hybridized carbons (Fsp3) is 0.250. The number of nitrogens with one attached hydrogen (secondary N) is 4. The van der Waals surface area contributed by atoms with E-state index in [-0.39, 0.29) is 0 Å². The monoisotopic (exact) mass is 842 g/mol. The molecule has 0 unspecified atom stereocenters. The van der Waals surface area contributed by atoms with Gasteiger partial charge in [0.1, 0.15) is 0 Å². The predicted octanol–water partition coefficient (Wildman–Crippen LogP) is 14.1. The minimum atomic E-state index is 0.600. The molecule has 7 heterocycles. The molecule has 0 saturated heterocycles.